The van der Waals surface area contributed by atoms with Crippen LogP contribution in [0.15, 0.2) is 0 Å². The van der Waals surface area contributed by atoms with Crippen LogP contribution in [0.25, 0.3) is 0 Å². The molecule has 1 aliphatic carbocycles. The first-order chi connectivity index (χ1) is 8.95. The highest BCUT2D eigenvalue weighted by molar-refractivity contribution is 4.91. The largest absolute Gasteiger partial charge is 0.319 e. The molecule has 0 unspecified atom stereocenters. The molecule has 2 heteroatoms. The van der Waals surface area contributed by atoms with Gasteiger partial charge in [-0.1, -0.05) is 33.6 Å². The van der Waals surface area contributed by atoms with Crippen LogP contribution < -0.4 is 5.32 Å². The normalized spacial score (nSPS) is 36.3. The first-order valence-corrected chi connectivity index (χ1v) is 8.32. The number of piperidine rings is 1. The van der Waals surface area contributed by atoms with E-state index in [4.69, 9.17) is 0 Å². The summed E-state index contributed by atoms with van der Waals surface area (Å²) in [5.41, 5.74) is 1.08. The predicted molar refractivity (Wildman–Crippen MR) is 83.4 cm³/mol. The van der Waals surface area contributed by atoms with Crippen molar-refractivity contribution in [3.63, 3.8) is 0 Å². The topological polar surface area (TPSA) is 15.3 Å². The van der Waals surface area contributed by atoms with Gasteiger partial charge in [-0.3, -0.25) is 0 Å². The Labute approximate surface area is 120 Å². The molecular weight excluding hydrogens is 232 g/mol. The van der Waals surface area contributed by atoms with Crippen molar-refractivity contribution in [3.05, 3.63) is 0 Å². The van der Waals surface area contributed by atoms with Crippen molar-refractivity contribution in [1.29, 1.82) is 0 Å². The number of likely N-dealkylation sites (tertiary alicyclic amines) is 1. The number of hydrogen-bond acceptors (Lipinski definition) is 2. The van der Waals surface area contributed by atoms with Gasteiger partial charge in [0.05, 0.1) is 0 Å². The standard InChI is InChI=1S/C17H34N2/c1-15-6-9-17(10-7-15,12-18-4)14-19-11-5-8-16(2,3)13-19/h15,18H,5-14H2,1-4H3. The van der Waals surface area contributed by atoms with E-state index in [1.54, 1.807) is 0 Å². The average molecular weight is 266 g/mol. The monoisotopic (exact) mass is 266 g/mol. The zero-order chi connectivity index (χ0) is 13.9. The molecule has 112 valence electrons. The highest BCUT2D eigenvalue weighted by Gasteiger charge is 2.37. The van der Waals surface area contributed by atoms with Crippen LogP contribution in [0, 0.1) is 16.7 Å². The molecule has 1 aliphatic heterocycles. The Morgan fingerprint density at radius 3 is 2.42 bits per heavy atom. The lowest BCUT2D eigenvalue weighted by Crippen LogP contribution is -2.49. The highest BCUT2D eigenvalue weighted by Crippen LogP contribution is 2.40. The predicted octanol–water partition coefficient (Wildman–Crippen LogP) is 3.52. The van der Waals surface area contributed by atoms with Gasteiger partial charge in [-0.2, -0.15) is 0 Å². The summed E-state index contributed by atoms with van der Waals surface area (Å²) in [6, 6.07) is 0. The Hall–Kier alpha value is -0.0800. The van der Waals surface area contributed by atoms with E-state index in [-0.39, 0.29) is 0 Å². The average Bonchev–Trinajstić information content (AvgIpc) is 2.32. The summed E-state index contributed by atoms with van der Waals surface area (Å²) < 4.78 is 0. The van der Waals surface area contributed by atoms with Crippen molar-refractivity contribution in [2.24, 2.45) is 16.7 Å². The van der Waals surface area contributed by atoms with Crippen molar-refractivity contribution in [1.82, 2.24) is 10.2 Å². The van der Waals surface area contributed by atoms with Gasteiger partial charge in [0.2, 0.25) is 0 Å². The molecule has 1 saturated heterocycles. The molecule has 0 aromatic carbocycles. The molecule has 1 heterocycles. The Kier molecular flexibility index (Phi) is 4.94. The third kappa shape index (κ3) is 4.19. The lowest BCUT2D eigenvalue weighted by atomic mass is 9.70. The van der Waals surface area contributed by atoms with Gasteiger partial charge in [0.1, 0.15) is 0 Å². The third-order valence-electron chi connectivity index (χ3n) is 5.43. The Bertz CT molecular complexity index is 277. The summed E-state index contributed by atoms with van der Waals surface area (Å²) in [7, 11) is 2.12. The molecule has 19 heavy (non-hydrogen) atoms. The van der Waals surface area contributed by atoms with Crippen LogP contribution in [0.2, 0.25) is 0 Å². The summed E-state index contributed by atoms with van der Waals surface area (Å²) in [5.74, 6) is 0.947. The van der Waals surface area contributed by atoms with Crippen molar-refractivity contribution in [2.75, 3.05) is 33.2 Å². The van der Waals surface area contributed by atoms with E-state index in [1.807, 2.05) is 0 Å². The second-order valence-electron chi connectivity index (χ2n) is 8.19. The van der Waals surface area contributed by atoms with Crippen molar-refractivity contribution in [2.45, 2.75) is 59.3 Å². The summed E-state index contributed by atoms with van der Waals surface area (Å²) in [4.78, 5) is 2.76. The van der Waals surface area contributed by atoms with Crippen LogP contribution in [0.1, 0.15) is 59.3 Å². The maximum absolute atomic E-state index is 3.48. The van der Waals surface area contributed by atoms with Gasteiger partial charge in [0.15, 0.2) is 0 Å². The molecule has 0 radical (unpaired) electrons. The lowest BCUT2D eigenvalue weighted by Gasteiger charge is -2.46. The Morgan fingerprint density at radius 1 is 1.16 bits per heavy atom. The molecule has 2 fully saturated rings. The van der Waals surface area contributed by atoms with Crippen LogP contribution in [0.5, 0.6) is 0 Å². The molecule has 2 aliphatic rings. The molecule has 2 nitrogen and oxygen atoms in total. The molecule has 2 rings (SSSR count). The maximum atomic E-state index is 3.48. The first kappa shape index (κ1) is 15.3. The smallest absolute Gasteiger partial charge is 0.00504 e. The fourth-order valence-electron chi connectivity index (χ4n) is 4.29. The fourth-order valence-corrected chi connectivity index (χ4v) is 4.29. The van der Waals surface area contributed by atoms with E-state index >= 15 is 0 Å². The number of nitrogens with one attached hydrogen (secondary N) is 1. The van der Waals surface area contributed by atoms with Gasteiger partial charge >= 0.3 is 0 Å². The Balaban J connectivity index is 1.96. The molecule has 0 aromatic rings. The van der Waals surface area contributed by atoms with Crippen LogP contribution in [-0.2, 0) is 0 Å². The van der Waals surface area contributed by atoms with Gasteiger partial charge in [-0.15, -0.1) is 0 Å². The maximum Gasteiger partial charge on any atom is 0.00504 e. The zero-order valence-electron chi connectivity index (χ0n) is 13.6. The second kappa shape index (κ2) is 6.13. The van der Waals surface area contributed by atoms with Gasteiger partial charge in [0.25, 0.3) is 0 Å². The molecule has 1 N–H and O–H groups in total. The lowest BCUT2D eigenvalue weighted by molar-refractivity contribution is 0.0422. The number of hydrogen-bond donors (Lipinski definition) is 1. The van der Waals surface area contributed by atoms with Gasteiger partial charge in [-0.05, 0) is 56.0 Å². The molecule has 1 saturated carbocycles. The fraction of sp³-hybridized carbons (Fsp3) is 1.00. The minimum Gasteiger partial charge on any atom is -0.319 e. The number of nitrogens with zero attached hydrogens (tertiary/aromatic N) is 1. The SMILES string of the molecule is CNCC1(CN2CCCC(C)(C)C2)CCC(C)CC1. The van der Waals surface area contributed by atoms with Gasteiger partial charge in [-0.25, -0.2) is 0 Å². The van der Waals surface area contributed by atoms with Crippen molar-refractivity contribution in [3.8, 4) is 0 Å². The van der Waals surface area contributed by atoms with E-state index in [0.29, 0.717) is 10.8 Å². The van der Waals surface area contributed by atoms with Crippen LogP contribution in [0.4, 0.5) is 0 Å². The van der Waals surface area contributed by atoms with Crippen molar-refractivity contribution < 1.29 is 0 Å². The van der Waals surface area contributed by atoms with Crippen LogP contribution in [0.3, 0.4) is 0 Å². The zero-order valence-corrected chi connectivity index (χ0v) is 13.6. The summed E-state index contributed by atoms with van der Waals surface area (Å²) in [6.45, 7) is 12.5. The van der Waals surface area contributed by atoms with E-state index in [2.05, 4.69) is 38.0 Å². The molecule has 0 spiro atoms. The van der Waals surface area contributed by atoms with Crippen molar-refractivity contribution >= 4 is 0 Å². The van der Waals surface area contributed by atoms with E-state index in [0.717, 1.165) is 5.92 Å². The first-order valence-electron chi connectivity index (χ1n) is 8.32. The summed E-state index contributed by atoms with van der Waals surface area (Å²) in [6.07, 6.45) is 8.49. The van der Waals surface area contributed by atoms with Crippen LogP contribution >= 0.6 is 0 Å². The van der Waals surface area contributed by atoms with Gasteiger partial charge < -0.3 is 10.2 Å². The quantitative estimate of drug-likeness (QED) is 0.837. The molecule has 0 aromatic heterocycles. The van der Waals surface area contributed by atoms with Crippen LogP contribution in [-0.4, -0.2) is 38.1 Å². The summed E-state index contributed by atoms with van der Waals surface area (Å²) in [5, 5.41) is 3.48. The van der Waals surface area contributed by atoms with Gasteiger partial charge in [0, 0.05) is 19.6 Å². The third-order valence-corrected chi connectivity index (χ3v) is 5.43. The Morgan fingerprint density at radius 2 is 1.84 bits per heavy atom. The van der Waals surface area contributed by atoms with E-state index < -0.39 is 0 Å². The van der Waals surface area contributed by atoms with E-state index in [9.17, 15) is 0 Å². The minimum absolute atomic E-state index is 0.529. The molecular formula is C17H34N2. The molecule has 0 amide bonds. The molecule has 0 bridgehead atoms. The van der Waals surface area contributed by atoms with E-state index in [1.165, 1.54) is 64.7 Å². The number of rotatable bonds is 4. The second-order valence-corrected chi connectivity index (χ2v) is 8.19. The molecule has 0 atom stereocenters. The summed E-state index contributed by atoms with van der Waals surface area (Å²) >= 11 is 0. The minimum atomic E-state index is 0.529. The highest BCUT2D eigenvalue weighted by atomic mass is 15.1.